The fourth-order valence-corrected chi connectivity index (χ4v) is 2.26. The third-order valence-electron chi connectivity index (χ3n) is 2.96. The van der Waals surface area contributed by atoms with Gasteiger partial charge in [-0.2, -0.15) is 0 Å². The van der Waals surface area contributed by atoms with Crippen molar-refractivity contribution in [1.82, 2.24) is 0 Å². The van der Waals surface area contributed by atoms with Crippen molar-refractivity contribution in [2.24, 2.45) is 5.73 Å². The lowest BCUT2D eigenvalue weighted by Crippen LogP contribution is -2.21. The molecule has 18 heavy (non-hydrogen) atoms. The highest BCUT2D eigenvalue weighted by molar-refractivity contribution is 6.30. The molecule has 0 spiro atoms. The van der Waals surface area contributed by atoms with Crippen LogP contribution in [0.3, 0.4) is 0 Å². The number of nitrogens with one attached hydrogen (secondary N) is 1. The molecule has 2 aromatic carbocycles. The highest BCUT2D eigenvalue weighted by Crippen LogP contribution is 2.24. The molecule has 1 atom stereocenters. The van der Waals surface area contributed by atoms with Crippen molar-refractivity contribution in [3.05, 3.63) is 64.7 Å². The van der Waals surface area contributed by atoms with E-state index >= 15 is 0 Å². The summed E-state index contributed by atoms with van der Waals surface area (Å²) in [5.74, 6) is 0. The third kappa shape index (κ3) is 3.03. The van der Waals surface area contributed by atoms with Crippen LogP contribution in [0.25, 0.3) is 0 Å². The van der Waals surface area contributed by atoms with Gasteiger partial charge in [0.15, 0.2) is 0 Å². The number of hydrogen-bond donors (Lipinski definition) is 2. The monoisotopic (exact) mass is 260 g/mol. The number of nitrogens with two attached hydrogens (primary N) is 1. The standard InChI is InChI=1S/C15H17ClN2/c1-11-9-12(16)7-8-14(11)15(10-17)18-13-5-3-2-4-6-13/h2-9,15,18H,10,17H2,1H3. The molecule has 2 nitrogen and oxygen atoms in total. The van der Waals surface area contributed by atoms with Gasteiger partial charge in [0.05, 0.1) is 6.04 Å². The van der Waals surface area contributed by atoms with Crippen LogP contribution in [0.4, 0.5) is 5.69 Å². The zero-order valence-corrected chi connectivity index (χ0v) is 11.1. The lowest BCUT2D eigenvalue weighted by atomic mass is 10.0. The maximum atomic E-state index is 5.97. The summed E-state index contributed by atoms with van der Waals surface area (Å²) in [7, 11) is 0. The average molecular weight is 261 g/mol. The van der Waals surface area contributed by atoms with Gasteiger partial charge in [-0.1, -0.05) is 35.9 Å². The first-order chi connectivity index (χ1) is 8.70. The van der Waals surface area contributed by atoms with Gasteiger partial charge in [-0.25, -0.2) is 0 Å². The first kappa shape index (κ1) is 12.9. The van der Waals surface area contributed by atoms with E-state index in [0.29, 0.717) is 6.54 Å². The summed E-state index contributed by atoms with van der Waals surface area (Å²) in [5.41, 5.74) is 9.28. The molecule has 2 rings (SSSR count). The Balaban J connectivity index is 2.23. The average Bonchev–Trinajstić information content (AvgIpc) is 2.38. The molecule has 0 saturated carbocycles. The molecule has 0 fully saturated rings. The summed E-state index contributed by atoms with van der Waals surface area (Å²) in [6, 6.07) is 16.1. The fraction of sp³-hybridized carbons (Fsp3) is 0.200. The second-order valence-electron chi connectivity index (χ2n) is 4.30. The minimum Gasteiger partial charge on any atom is -0.377 e. The van der Waals surface area contributed by atoms with Crippen LogP contribution >= 0.6 is 11.6 Å². The highest BCUT2D eigenvalue weighted by atomic mass is 35.5. The fourth-order valence-electron chi connectivity index (χ4n) is 2.03. The van der Waals surface area contributed by atoms with Crippen molar-refractivity contribution >= 4 is 17.3 Å². The van der Waals surface area contributed by atoms with Gasteiger partial charge >= 0.3 is 0 Å². The molecule has 2 aromatic rings. The van der Waals surface area contributed by atoms with Crippen molar-refractivity contribution in [2.75, 3.05) is 11.9 Å². The molecule has 3 heteroatoms. The van der Waals surface area contributed by atoms with E-state index in [2.05, 4.69) is 12.2 Å². The van der Waals surface area contributed by atoms with E-state index in [1.54, 1.807) is 0 Å². The number of anilines is 1. The summed E-state index contributed by atoms with van der Waals surface area (Å²) >= 11 is 5.97. The van der Waals surface area contributed by atoms with E-state index < -0.39 is 0 Å². The van der Waals surface area contributed by atoms with E-state index in [1.165, 1.54) is 5.56 Å². The molecule has 0 amide bonds. The SMILES string of the molecule is Cc1cc(Cl)ccc1C(CN)Nc1ccccc1. The molecule has 0 aliphatic rings. The quantitative estimate of drug-likeness (QED) is 0.878. The van der Waals surface area contributed by atoms with Crippen molar-refractivity contribution in [1.29, 1.82) is 0 Å². The summed E-state index contributed by atoms with van der Waals surface area (Å²) in [6.07, 6.45) is 0. The van der Waals surface area contributed by atoms with Gasteiger partial charge in [-0.15, -0.1) is 0 Å². The lowest BCUT2D eigenvalue weighted by molar-refractivity contribution is 0.784. The molecule has 0 heterocycles. The summed E-state index contributed by atoms with van der Waals surface area (Å²) < 4.78 is 0. The van der Waals surface area contributed by atoms with Gasteiger partial charge in [0.25, 0.3) is 0 Å². The molecule has 94 valence electrons. The Bertz CT molecular complexity index is 511. The maximum absolute atomic E-state index is 5.97. The minimum atomic E-state index is 0.102. The van der Waals surface area contributed by atoms with Crippen molar-refractivity contribution in [3.63, 3.8) is 0 Å². The second-order valence-corrected chi connectivity index (χ2v) is 4.74. The molecule has 3 N–H and O–H groups in total. The van der Waals surface area contributed by atoms with Gasteiger partial charge < -0.3 is 11.1 Å². The van der Waals surface area contributed by atoms with Crippen molar-refractivity contribution in [3.8, 4) is 0 Å². The van der Waals surface area contributed by atoms with Crippen LogP contribution in [0.2, 0.25) is 5.02 Å². The zero-order chi connectivity index (χ0) is 13.0. The highest BCUT2D eigenvalue weighted by Gasteiger charge is 2.11. The Morgan fingerprint density at radius 2 is 1.89 bits per heavy atom. The molecule has 0 saturated heterocycles. The van der Waals surface area contributed by atoms with Gasteiger partial charge in [-0.3, -0.25) is 0 Å². The molecule has 0 radical (unpaired) electrons. The molecule has 1 unspecified atom stereocenters. The number of rotatable bonds is 4. The number of benzene rings is 2. The molecule has 0 bridgehead atoms. The largest absolute Gasteiger partial charge is 0.377 e. The first-order valence-corrected chi connectivity index (χ1v) is 6.36. The predicted molar refractivity (Wildman–Crippen MR) is 78.0 cm³/mol. The second kappa shape index (κ2) is 5.89. The molecule has 0 aliphatic carbocycles. The predicted octanol–water partition coefficient (Wildman–Crippen LogP) is 3.76. The van der Waals surface area contributed by atoms with E-state index in [1.807, 2.05) is 48.5 Å². The van der Waals surface area contributed by atoms with E-state index in [4.69, 9.17) is 17.3 Å². The third-order valence-corrected chi connectivity index (χ3v) is 3.19. The summed E-state index contributed by atoms with van der Waals surface area (Å²) in [4.78, 5) is 0. The maximum Gasteiger partial charge on any atom is 0.0638 e. The number of halogens is 1. The molecule has 0 aliphatic heterocycles. The van der Waals surface area contributed by atoms with Gasteiger partial charge in [0, 0.05) is 17.3 Å². The van der Waals surface area contributed by atoms with Gasteiger partial charge in [0.2, 0.25) is 0 Å². The normalized spacial score (nSPS) is 12.2. The molecular formula is C15H17ClN2. The van der Waals surface area contributed by atoms with Crippen LogP contribution in [0.1, 0.15) is 17.2 Å². The van der Waals surface area contributed by atoms with E-state index in [0.717, 1.165) is 16.3 Å². The topological polar surface area (TPSA) is 38.0 Å². The summed E-state index contributed by atoms with van der Waals surface area (Å²) in [6.45, 7) is 2.59. The molecular weight excluding hydrogens is 244 g/mol. The number of hydrogen-bond acceptors (Lipinski definition) is 2. The smallest absolute Gasteiger partial charge is 0.0638 e. The van der Waals surface area contributed by atoms with E-state index in [9.17, 15) is 0 Å². The summed E-state index contributed by atoms with van der Waals surface area (Å²) in [5, 5.41) is 4.19. The minimum absolute atomic E-state index is 0.102. The molecule has 0 aromatic heterocycles. The van der Waals surface area contributed by atoms with Crippen LogP contribution in [0, 0.1) is 6.92 Å². The van der Waals surface area contributed by atoms with Crippen LogP contribution in [0.5, 0.6) is 0 Å². The zero-order valence-electron chi connectivity index (χ0n) is 10.4. The van der Waals surface area contributed by atoms with Gasteiger partial charge in [0.1, 0.15) is 0 Å². The van der Waals surface area contributed by atoms with Crippen LogP contribution in [-0.2, 0) is 0 Å². The number of para-hydroxylation sites is 1. The Morgan fingerprint density at radius 1 is 1.17 bits per heavy atom. The van der Waals surface area contributed by atoms with Crippen LogP contribution in [-0.4, -0.2) is 6.54 Å². The van der Waals surface area contributed by atoms with Gasteiger partial charge in [-0.05, 0) is 42.3 Å². The Hall–Kier alpha value is -1.51. The number of aryl methyl sites for hydroxylation is 1. The van der Waals surface area contributed by atoms with Crippen LogP contribution in [0.15, 0.2) is 48.5 Å². The Labute approximate surface area is 113 Å². The first-order valence-electron chi connectivity index (χ1n) is 5.98. The van der Waals surface area contributed by atoms with Crippen molar-refractivity contribution in [2.45, 2.75) is 13.0 Å². The van der Waals surface area contributed by atoms with E-state index in [-0.39, 0.29) is 6.04 Å². The Morgan fingerprint density at radius 3 is 2.50 bits per heavy atom. The van der Waals surface area contributed by atoms with Crippen molar-refractivity contribution < 1.29 is 0 Å². The lowest BCUT2D eigenvalue weighted by Gasteiger charge is -2.20. The van der Waals surface area contributed by atoms with Crippen LogP contribution < -0.4 is 11.1 Å². The Kier molecular flexibility index (Phi) is 4.24.